The second-order valence-corrected chi connectivity index (χ2v) is 7.92. The number of carbonyl (C=O) groups excluding carboxylic acids is 1. The van der Waals surface area contributed by atoms with Crippen molar-refractivity contribution in [3.63, 3.8) is 0 Å². The lowest BCUT2D eigenvalue weighted by molar-refractivity contribution is -0.134. The van der Waals surface area contributed by atoms with Crippen LogP contribution in [0.5, 0.6) is 11.5 Å². The summed E-state index contributed by atoms with van der Waals surface area (Å²) in [6, 6.07) is 5.51. The molecule has 164 valence electrons. The van der Waals surface area contributed by atoms with Crippen LogP contribution in [0.25, 0.3) is 11.3 Å². The molecule has 0 N–H and O–H groups in total. The van der Waals surface area contributed by atoms with Crippen LogP contribution < -0.4 is 9.47 Å². The van der Waals surface area contributed by atoms with Crippen LogP contribution in [0.3, 0.4) is 0 Å². The van der Waals surface area contributed by atoms with Gasteiger partial charge in [-0.3, -0.25) is 14.8 Å². The van der Waals surface area contributed by atoms with E-state index >= 15 is 0 Å². The standard InChI is InChI=1S/C25H36N2O3/c1-4-6-7-8-9-10-11-12-25(28)30-24-14-13-21(29-19-20(3)5-2)17-22(24)23-18-26-15-16-27-23/h13-18,20H,4-12,19H2,1-3H3. The van der Waals surface area contributed by atoms with Gasteiger partial charge in [0.15, 0.2) is 0 Å². The Labute approximate surface area is 181 Å². The monoisotopic (exact) mass is 412 g/mol. The maximum Gasteiger partial charge on any atom is 0.311 e. The van der Waals surface area contributed by atoms with E-state index in [1.165, 1.54) is 32.1 Å². The van der Waals surface area contributed by atoms with Crippen LogP contribution in [0.4, 0.5) is 0 Å². The van der Waals surface area contributed by atoms with Gasteiger partial charge in [0.2, 0.25) is 0 Å². The largest absolute Gasteiger partial charge is 0.493 e. The summed E-state index contributed by atoms with van der Waals surface area (Å²) in [5.74, 6) is 1.51. The molecule has 0 amide bonds. The van der Waals surface area contributed by atoms with Gasteiger partial charge in [-0.05, 0) is 30.5 Å². The van der Waals surface area contributed by atoms with Crippen molar-refractivity contribution in [3.8, 4) is 22.8 Å². The molecule has 0 fully saturated rings. The highest BCUT2D eigenvalue weighted by Gasteiger charge is 2.14. The number of ether oxygens (including phenoxy) is 2. The molecular weight excluding hydrogens is 376 g/mol. The molecule has 2 aromatic rings. The zero-order valence-corrected chi connectivity index (χ0v) is 18.7. The zero-order chi connectivity index (χ0) is 21.6. The van der Waals surface area contributed by atoms with Gasteiger partial charge in [-0.25, -0.2) is 0 Å². The minimum absolute atomic E-state index is 0.207. The Bertz CT molecular complexity index is 749. The Hall–Kier alpha value is -2.43. The van der Waals surface area contributed by atoms with E-state index in [1.807, 2.05) is 12.1 Å². The van der Waals surface area contributed by atoms with E-state index in [4.69, 9.17) is 9.47 Å². The summed E-state index contributed by atoms with van der Waals surface area (Å²) in [5, 5.41) is 0. The molecule has 0 spiro atoms. The molecular formula is C25H36N2O3. The van der Waals surface area contributed by atoms with Crippen molar-refractivity contribution in [2.75, 3.05) is 6.61 Å². The van der Waals surface area contributed by atoms with Gasteiger partial charge in [-0.15, -0.1) is 0 Å². The lowest BCUT2D eigenvalue weighted by Crippen LogP contribution is -2.10. The van der Waals surface area contributed by atoms with Gasteiger partial charge in [0.05, 0.1) is 18.5 Å². The molecule has 1 aromatic carbocycles. The van der Waals surface area contributed by atoms with E-state index in [0.717, 1.165) is 30.6 Å². The highest BCUT2D eigenvalue weighted by atomic mass is 16.5. The fourth-order valence-corrected chi connectivity index (χ4v) is 3.08. The number of aromatic nitrogens is 2. The normalized spacial score (nSPS) is 11.8. The lowest BCUT2D eigenvalue weighted by Gasteiger charge is -2.14. The van der Waals surface area contributed by atoms with Crippen molar-refractivity contribution in [3.05, 3.63) is 36.8 Å². The summed E-state index contributed by atoms with van der Waals surface area (Å²) in [4.78, 5) is 20.9. The molecule has 30 heavy (non-hydrogen) atoms. The van der Waals surface area contributed by atoms with E-state index in [0.29, 0.717) is 30.4 Å². The Balaban J connectivity index is 1.97. The molecule has 0 aliphatic heterocycles. The first-order chi connectivity index (χ1) is 14.6. The van der Waals surface area contributed by atoms with E-state index in [2.05, 4.69) is 30.7 Å². The average Bonchev–Trinajstić information content (AvgIpc) is 2.78. The highest BCUT2D eigenvalue weighted by Crippen LogP contribution is 2.32. The lowest BCUT2D eigenvalue weighted by atomic mass is 10.1. The summed E-state index contributed by atoms with van der Waals surface area (Å²) in [6.07, 6.45) is 14.6. The topological polar surface area (TPSA) is 61.3 Å². The Kier molecular flexibility index (Phi) is 10.9. The van der Waals surface area contributed by atoms with E-state index < -0.39 is 0 Å². The van der Waals surface area contributed by atoms with Gasteiger partial charge in [0.25, 0.3) is 0 Å². The number of carbonyl (C=O) groups is 1. The van der Waals surface area contributed by atoms with Gasteiger partial charge in [-0.2, -0.15) is 0 Å². The molecule has 5 nitrogen and oxygen atoms in total. The predicted molar refractivity (Wildman–Crippen MR) is 121 cm³/mol. The van der Waals surface area contributed by atoms with Crippen LogP contribution in [-0.2, 0) is 4.79 Å². The van der Waals surface area contributed by atoms with E-state index in [9.17, 15) is 4.79 Å². The van der Waals surface area contributed by atoms with Gasteiger partial charge < -0.3 is 9.47 Å². The van der Waals surface area contributed by atoms with Gasteiger partial charge >= 0.3 is 5.97 Å². The van der Waals surface area contributed by atoms with Crippen molar-refractivity contribution >= 4 is 5.97 Å². The summed E-state index contributed by atoms with van der Waals surface area (Å²) >= 11 is 0. The van der Waals surface area contributed by atoms with Crippen LogP contribution in [-0.4, -0.2) is 22.5 Å². The molecule has 1 unspecified atom stereocenters. The number of benzene rings is 1. The number of unbranched alkanes of at least 4 members (excludes halogenated alkanes) is 6. The third-order valence-electron chi connectivity index (χ3n) is 5.23. The van der Waals surface area contributed by atoms with Crippen molar-refractivity contribution in [2.24, 2.45) is 5.92 Å². The fraction of sp³-hybridized carbons (Fsp3) is 0.560. The second kappa shape index (κ2) is 13.7. The number of rotatable bonds is 14. The van der Waals surface area contributed by atoms with Crippen LogP contribution in [0.2, 0.25) is 0 Å². The molecule has 0 bridgehead atoms. The van der Waals surface area contributed by atoms with Crippen LogP contribution in [0.15, 0.2) is 36.8 Å². The third-order valence-corrected chi connectivity index (χ3v) is 5.23. The maximum absolute atomic E-state index is 12.4. The molecule has 1 aromatic heterocycles. The quantitative estimate of drug-likeness (QED) is 0.198. The van der Waals surface area contributed by atoms with Crippen molar-refractivity contribution < 1.29 is 14.3 Å². The number of nitrogens with zero attached hydrogens (tertiary/aromatic N) is 2. The predicted octanol–water partition coefficient (Wildman–Crippen LogP) is 6.61. The molecule has 0 aliphatic rings. The number of esters is 1. The van der Waals surface area contributed by atoms with Crippen LogP contribution in [0.1, 0.15) is 78.6 Å². The minimum Gasteiger partial charge on any atom is -0.493 e. The Morgan fingerprint density at radius 2 is 1.80 bits per heavy atom. The second-order valence-electron chi connectivity index (χ2n) is 7.92. The molecule has 2 rings (SSSR count). The van der Waals surface area contributed by atoms with Crippen molar-refractivity contribution in [1.29, 1.82) is 0 Å². The van der Waals surface area contributed by atoms with Crippen LogP contribution in [0, 0.1) is 5.92 Å². The number of hydrogen-bond donors (Lipinski definition) is 0. The van der Waals surface area contributed by atoms with E-state index in [1.54, 1.807) is 24.7 Å². The van der Waals surface area contributed by atoms with Crippen molar-refractivity contribution in [1.82, 2.24) is 9.97 Å². The summed E-state index contributed by atoms with van der Waals surface area (Å²) in [5.41, 5.74) is 1.38. The molecule has 1 heterocycles. The highest BCUT2D eigenvalue weighted by molar-refractivity contribution is 5.77. The smallest absolute Gasteiger partial charge is 0.311 e. The summed E-state index contributed by atoms with van der Waals surface area (Å²) in [6.45, 7) is 7.17. The molecule has 0 radical (unpaired) electrons. The Morgan fingerprint density at radius 1 is 1.03 bits per heavy atom. The SMILES string of the molecule is CCCCCCCCCC(=O)Oc1ccc(OCC(C)CC)cc1-c1cnccn1. The maximum atomic E-state index is 12.4. The van der Waals surface area contributed by atoms with Gasteiger partial charge in [-0.1, -0.05) is 65.7 Å². The first-order valence-corrected chi connectivity index (χ1v) is 11.4. The molecule has 1 atom stereocenters. The first-order valence-electron chi connectivity index (χ1n) is 11.4. The Morgan fingerprint density at radius 3 is 2.50 bits per heavy atom. The van der Waals surface area contributed by atoms with E-state index in [-0.39, 0.29) is 5.97 Å². The van der Waals surface area contributed by atoms with Gasteiger partial charge in [0.1, 0.15) is 11.5 Å². The minimum atomic E-state index is -0.207. The fourth-order valence-electron chi connectivity index (χ4n) is 3.08. The molecule has 0 aliphatic carbocycles. The molecule has 5 heteroatoms. The first kappa shape index (κ1) is 23.8. The summed E-state index contributed by atoms with van der Waals surface area (Å²) < 4.78 is 11.6. The molecule has 0 saturated heterocycles. The van der Waals surface area contributed by atoms with Crippen molar-refractivity contribution in [2.45, 2.75) is 78.6 Å². The third kappa shape index (κ3) is 8.52. The van der Waals surface area contributed by atoms with Crippen LogP contribution >= 0.6 is 0 Å². The van der Waals surface area contributed by atoms with Gasteiger partial charge in [0, 0.05) is 24.4 Å². The average molecular weight is 413 g/mol. The molecule has 0 saturated carbocycles. The summed E-state index contributed by atoms with van der Waals surface area (Å²) in [7, 11) is 0. The zero-order valence-electron chi connectivity index (χ0n) is 18.7. The number of hydrogen-bond acceptors (Lipinski definition) is 5.